The molecule has 0 atom stereocenters. The Morgan fingerprint density at radius 2 is 1.62 bits per heavy atom. The largest absolute Gasteiger partial charge is 0.333 e. The van der Waals surface area contributed by atoms with Gasteiger partial charge in [-0.2, -0.15) is 0 Å². The second-order valence-electron chi connectivity index (χ2n) is 3.02. The van der Waals surface area contributed by atoms with Gasteiger partial charge in [0, 0.05) is 12.8 Å². The van der Waals surface area contributed by atoms with Crippen molar-refractivity contribution in [2.24, 2.45) is 0 Å². The molecular formula is C7H16N+. The van der Waals surface area contributed by atoms with E-state index in [1.54, 1.807) is 4.90 Å². The molecule has 1 heterocycles. The van der Waals surface area contributed by atoms with E-state index in [-0.39, 0.29) is 0 Å². The lowest BCUT2D eigenvalue weighted by Gasteiger charge is -2.15. The zero-order valence-electron chi connectivity index (χ0n) is 5.91. The monoisotopic (exact) mass is 114 g/mol. The SMILES string of the molecule is CC(C)[NH+]1CCCC1. The zero-order chi connectivity index (χ0) is 5.98. The van der Waals surface area contributed by atoms with Crippen molar-refractivity contribution in [3.63, 3.8) is 0 Å². The molecule has 0 aromatic heterocycles. The number of likely N-dealkylation sites (tertiary alicyclic amines) is 1. The van der Waals surface area contributed by atoms with E-state index in [2.05, 4.69) is 13.8 Å². The van der Waals surface area contributed by atoms with Gasteiger partial charge in [0.1, 0.15) is 0 Å². The standard InChI is InChI=1S/C7H15N/c1-7(2)8-5-3-4-6-8/h7H,3-6H2,1-2H3/p+1. The molecule has 0 aromatic rings. The predicted octanol–water partition coefficient (Wildman–Crippen LogP) is 0.0735. The van der Waals surface area contributed by atoms with E-state index in [1.807, 2.05) is 0 Å². The third-order valence-corrected chi connectivity index (χ3v) is 2.06. The van der Waals surface area contributed by atoms with E-state index in [9.17, 15) is 0 Å². The van der Waals surface area contributed by atoms with Crippen molar-refractivity contribution in [1.82, 2.24) is 0 Å². The number of hydrogen-bond acceptors (Lipinski definition) is 0. The van der Waals surface area contributed by atoms with Crippen molar-refractivity contribution < 1.29 is 4.90 Å². The highest BCUT2D eigenvalue weighted by atomic mass is 15.2. The number of hydrogen-bond donors (Lipinski definition) is 1. The lowest BCUT2D eigenvalue weighted by atomic mass is 10.3. The fourth-order valence-corrected chi connectivity index (χ4v) is 1.41. The summed E-state index contributed by atoms with van der Waals surface area (Å²) >= 11 is 0. The number of nitrogens with one attached hydrogen (secondary N) is 1. The van der Waals surface area contributed by atoms with Crippen molar-refractivity contribution in [1.29, 1.82) is 0 Å². The fraction of sp³-hybridized carbons (Fsp3) is 1.00. The van der Waals surface area contributed by atoms with E-state index in [4.69, 9.17) is 0 Å². The first-order valence-corrected chi connectivity index (χ1v) is 3.65. The van der Waals surface area contributed by atoms with Crippen LogP contribution in [0.3, 0.4) is 0 Å². The summed E-state index contributed by atoms with van der Waals surface area (Å²) in [6, 6.07) is 0.859. The molecule has 1 heteroatoms. The van der Waals surface area contributed by atoms with Crippen LogP contribution in [0.1, 0.15) is 26.7 Å². The van der Waals surface area contributed by atoms with Crippen LogP contribution < -0.4 is 4.90 Å². The molecule has 0 unspecified atom stereocenters. The van der Waals surface area contributed by atoms with E-state index in [0.717, 1.165) is 6.04 Å². The molecule has 8 heavy (non-hydrogen) atoms. The van der Waals surface area contributed by atoms with Crippen molar-refractivity contribution in [2.45, 2.75) is 32.7 Å². The van der Waals surface area contributed by atoms with Crippen LogP contribution in [0.2, 0.25) is 0 Å². The lowest BCUT2D eigenvalue weighted by Crippen LogP contribution is -3.13. The van der Waals surface area contributed by atoms with Crippen molar-refractivity contribution in [2.75, 3.05) is 13.1 Å². The van der Waals surface area contributed by atoms with Gasteiger partial charge in [-0.1, -0.05) is 0 Å². The summed E-state index contributed by atoms with van der Waals surface area (Å²) in [7, 11) is 0. The summed E-state index contributed by atoms with van der Waals surface area (Å²) in [6.07, 6.45) is 2.90. The Morgan fingerprint density at radius 3 is 1.88 bits per heavy atom. The summed E-state index contributed by atoms with van der Waals surface area (Å²) in [5.41, 5.74) is 0. The average Bonchev–Trinajstić information content (AvgIpc) is 2.12. The topological polar surface area (TPSA) is 4.44 Å². The summed E-state index contributed by atoms with van der Waals surface area (Å²) < 4.78 is 0. The van der Waals surface area contributed by atoms with Gasteiger partial charge in [0.05, 0.1) is 19.1 Å². The normalized spacial score (nSPS) is 22.9. The van der Waals surface area contributed by atoms with E-state index >= 15 is 0 Å². The first-order valence-electron chi connectivity index (χ1n) is 3.65. The molecule has 1 nitrogen and oxygen atoms in total. The molecule has 1 saturated heterocycles. The van der Waals surface area contributed by atoms with Crippen LogP contribution >= 0.6 is 0 Å². The first-order chi connectivity index (χ1) is 3.80. The highest BCUT2D eigenvalue weighted by Crippen LogP contribution is 1.88. The van der Waals surface area contributed by atoms with Crippen LogP contribution in [0.5, 0.6) is 0 Å². The van der Waals surface area contributed by atoms with Gasteiger partial charge in [-0.25, -0.2) is 0 Å². The summed E-state index contributed by atoms with van der Waals surface area (Å²) in [6.45, 7) is 7.44. The van der Waals surface area contributed by atoms with Crippen LogP contribution in [0, 0.1) is 0 Å². The van der Waals surface area contributed by atoms with Crippen molar-refractivity contribution >= 4 is 0 Å². The molecule has 1 aliphatic heterocycles. The van der Waals surface area contributed by atoms with E-state index in [1.165, 1.54) is 25.9 Å². The lowest BCUT2D eigenvalue weighted by molar-refractivity contribution is -0.909. The van der Waals surface area contributed by atoms with E-state index in [0.29, 0.717) is 0 Å². The average molecular weight is 114 g/mol. The quantitative estimate of drug-likeness (QED) is 0.492. The van der Waals surface area contributed by atoms with Crippen LogP contribution in [-0.4, -0.2) is 19.1 Å². The molecule has 0 saturated carbocycles. The smallest absolute Gasteiger partial charge is 0.0817 e. The number of rotatable bonds is 1. The Morgan fingerprint density at radius 1 is 1.12 bits per heavy atom. The molecule has 48 valence electrons. The van der Waals surface area contributed by atoms with Gasteiger partial charge in [0.2, 0.25) is 0 Å². The predicted molar refractivity (Wildman–Crippen MR) is 35.1 cm³/mol. The molecule has 0 aromatic carbocycles. The minimum atomic E-state index is 0.859. The Labute approximate surface area is 51.7 Å². The molecular weight excluding hydrogens is 98.1 g/mol. The molecule has 1 rings (SSSR count). The minimum Gasteiger partial charge on any atom is -0.333 e. The highest BCUT2D eigenvalue weighted by Gasteiger charge is 2.17. The summed E-state index contributed by atoms with van der Waals surface area (Å²) in [5.74, 6) is 0. The molecule has 0 aliphatic carbocycles. The van der Waals surface area contributed by atoms with Gasteiger partial charge >= 0.3 is 0 Å². The van der Waals surface area contributed by atoms with Crippen LogP contribution in [0.15, 0.2) is 0 Å². The molecule has 0 spiro atoms. The Kier molecular flexibility index (Phi) is 1.90. The van der Waals surface area contributed by atoms with Crippen molar-refractivity contribution in [3.05, 3.63) is 0 Å². The second-order valence-corrected chi connectivity index (χ2v) is 3.02. The number of quaternary nitrogens is 1. The third kappa shape index (κ3) is 1.22. The molecule has 0 radical (unpaired) electrons. The van der Waals surface area contributed by atoms with E-state index < -0.39 is 0 Å². The Balaban J connectivity index is 2.24. The highest BCUT2D eigenvalue weighted by molar-refractivity contribution is 4.46. The van der Waals surface area contributed by atoms with Gasteiger partial charge in [0.25, 0.3) is 0 Å². The minimum absolute atomic E-state index is 0.859. The molecule has 0 amide bonds. The van der Waals surface area contributed by atoms with Crippen LogP contribution in [-0.2, 0) is 0 Å². The molecule has 1 fully saturated rings. The van der Waals surface area contributed by atoms with Gasteiger partial charge in [-0.15, -0.1) is 0 Å². The summed E-state index contributed by atoms with van der Waals surface area (Å²) in [4.78, 5) is 1.80. The summed E-state index contributed by atoms with van der Waals surface area (Å²) in [5, 5.41) is 0. The molecule has 0 bridgehead atoms. The Bertz CT molecular complexity index is 62.8. The first kappa shape index (κ1) is 6.09. The van der Waals surface area contributed by atoms with Gasteiger partial charge < -0.3 is 4.90 Å². The van der Waals surface area contributed by atoms with Crippen molar-refractivity contribution in [3.8, 4) is 0 Å². The Hall–Kier alpha value is -0.0400. The van der Waals surface area contributed by atoms with Crippen LogP contribution in [0.4, 0.5) is 0 Å². The molecule has 1 N–H and O–H groups in total. The third-order valence-electron chi connectivity index (χ3n) is 2.06. The molecule has 1 aliphatic rings. The zero-order valence-corrected chi connectivity index (χ0v) is 5.91. The van der Waals surface area contributed by atoms with Gasteiger partial charge in [-0.05, 0) is 13.8 Å². The van der Waals surface area contributed by atoms with Crippen LogP contribution in [0.25, 0.3) is 0 Å². The maximum atomic E-state index is 2.31. The van der Waals surface area contributed by atoms with Gasteiger partial charge in [-0.3, -0.25) is 0 Å². The maximum Gasteiger partial charge on any atom is 0.0817 e. The second kappa shape index (κ2) is 2.49. The van der Waals surface area contributed by atoms with Gasteiger partial charge in [0.15, 0.2) is 0 Å². The maximum absolute atomic E-state index is 2.31. The fourth-order valence-electron chi connectivity index (χ4n) is 1.41.